The molecule has 118 valence electrons. The summed E-state index contributed by atoms with van der Waals surface area (Å²) >= 11 is 0. The Bertz CT molecular complexity index is 572. The summed E-state index contributed by atoms with van der Waals surface area (Å²) in [5.41, 5.74) is 0.954. The minimum absolute atomic E-state index is 0.0464. The predicted octanol–water partition coefficient (Wildman–Crippen LogP) is 2.41. The van der Waals surface area contributed by atoms with Crippen molar-refractivity contribution in [3.63, 3.8) is 0 Å². The molecule has 2 heterocycles. The molecule has 1 aromatic carbocycles. The first-order valence-corrected chi connectivity index (χ1v) is 7.91. The Hall–Kier alpha value is -2.04. The van der Waals surface area contributed by atoms with Gasteiger partial charge in [-0.1, -0.05) is 18.2 Å². The summed E-state index contributed by atoms with van der Waals surface area (Å²) in [7, 11) is 0. The fourth-order valence-corrected chi connectivity index (χ4v) is 3.45. The van der Waals surface area contributed by atoms with Crippen molar-refractivity contribution in [2.75, 3.05) is 13.2 Å². The molecule has 0 aliphatic carbocycles. The van der Waals surface area contributed by atoms with E-state index in [-0.39, 0.29) is 24.3 Å². The molecule has 1 N–H and O–H groups in total. The van der Waals surface area contributed by atoms with Crippen molar-refractivity contribution in [2.45, 2.75) is 44.1 Å². The van der Waals surface area contributed by atoms with Gasteiger partial charge in [0.25, 0.3) is 0 Å². The Morgan fingerprint density at radius 1 is 1.27 bits per heavy atom. The van der Waals surface area contributed by atoms with Crippen LogP contribution in [-0.2, 0) is 9.59 Å². The maximum atomic E-state index is 12.9. The molecule has 0 saturated carbocycles. The van der Waals surface area contributed by atoms with Crippen molar-refractivity contribution < 1.29 is 19.4 Å². The number of aliphatic carboxylic acids is 1. The number of nitrogens with zero attached hydrogens (tertiary/aromatic N) is 1. The number of benzene rings is 1. The number of carbonyl (C=O) groups is 2. The molecule has 0 radical (unpaired) electrons. The van der Waals surface area contributed by atoms with E-state index in [1.165, 1.54) is 0 Å². The minimum atomic E-state index is -0.799. The highest BCUT2D eigenvalue weighted by Gasteiger charge is 2.36. The molecule has 2 atom stereocenters. The van der Waals surface area contributed by atoms with Crippen LogP contribution in [0.4, 0.5) is 0 Å². The molecule has 3 rings (SSSR count). The molecule has 22 heavy (non-hydrogen) atoms. The van der Waals surface area contributed by atoms with Gasteiger partial charge in [-0.2, -0.15) is 0 Å². The summed E-state index contributed by atoms with van der Waals surface area (Å²) in [4.78, 5) is 25.6. The summed E-state index contributed by atoms with van der Waals surface area (Å²) in [5.74, 6) is -0.172. The fourth-order valence-electron chi connectivity index (χ4n) is 3.45. The maximum absolute atomic E-state index is 12.9. The Morgan fingerprint density at radius 2 is 2.09 bits per heavy atom. The smallest absolute Gasteiger partial charge is 0.303 e. The summed E-state index contributed by atoms with van der Waals surface area (Å²) in [6, 6.07) is 7.71. The van der Waals surface area contributed by atoms with Crippen LogP contribution in [0.2, 0.25) is 0 Å². The number of hydrogen-bond acceptors (Lipinski definition) is 3. The van der Waals surface area contributed by atoms with E-state index < -0.39 is 5.97 Å². The molecule has 5 heteroatoms. The van der Waals surface area contributed by atoms with Crippen LogP contribution >= 0.6 is 0 Å². The molecule has 1 amide bonds. The third-order valence-corrected chi connectivity index (χ3v) is 4.60. The molecule has 1 saturated heterocycles. The number of rotatable bonds is 4. The van der Waals surface area contributed by atoms with Crippen molar-refractivity contribution in [1.82, 2.24) is 4.90 Å². The maximum Gasteiger partial charge on any atom is 0.303 e. The first-order valence-electron chi connectivity index (χ1n) is 7.91. The van der Waals surface area contributed by atoms with E-state index in [0.29, 0.717) is 13.0 Å². The molecule has 5 nitrogen and oxygen atoms in total. The fraction of sp³-hybridized carbons (Fsp3) is 0.529. The van der Waals surface area contributed by atoms with Crippen molar-refractivity contribution in [3.05, 3.63) is 29.8 Å². The summed E-state index contributed by atoms with van der Waals surface area (Å²) in [6.07, 6.45) is 3.60. The van der Waals surface area contributed by atoms with Crippen LogP contribution in [0.3, 0.4) is 0 Å². The molecule has 0 spiro atoms. The molecule has 1 aromatic rings. The molecular formula is C17H21NO4. The van der Waals surface area contributed by atoms with Gasteiger partial charge in [0.05, 0.1) is 0 Å². The third-order valence-electron chi connectivity index (χ3n) is 4.60. The lowest BCUT2D eigenvalue weighted by atomic mass is 9.93. The molecule has 2 aliphatic rings. The van der Waals surface area contributed by atoms with Crippen molar-refractivity contribution in [1.29, 1.82) is 0 Å². The number of carbonyl (C=O) groups excluding carboxylic acids is 1. The second-order valence-electron chi connectivity index (χ2n) is 6.02. The number of piperidine rings is 1. The molecule has 0 bridgehead atoms. The second-order valence-corrected chi connectivity index (χ2v) is 6.02. The molecule has 0 unspecified atom stereocenters. The van der Waals surface area contributed by atoms with E-state index in [4.69, 9.17) is 9.84 Å². The zero-order valence-electron chi connectivity index (χ0n) is 12.5. The highest BCUT2D eigenvalue weighted by molar-refractivity contribution is 5.86. The summed E-state index contributed by atoms with van der Waals surface area (Å²) < 4.78 is 5.61. The summed E-state index contributed by atoms with van der Waals surface area (Å²) in [5, 5.41) is 8.89. The standard InChI is InChI=1S/C17H21NO4/c19-16(20)9-8-12-5-3-4-10-18(12)17(21)14-11-22-15-7-2-1-6-13(14)15/h1-2,6-7,12,14H,3-5,8-11H2,(H,19,20)/t12-,14-/m1/s1. The van der Waals surface area contributed by atoms with Crippen molar-refractivity contribution in [3.8, 4) is 5.75 Å². The van der Waals surface area contributed by atoms with Crippen LogP contribution in [0.15, 0.2) is 24.3 Å². The first-order chi connectivity index (χ1) is 10.7. The van der Waals surface area contributed by atoms with Crippen LogP contribution in [0.1, 0.15) is 43.6 Å². The lowest BCUT2D eigenvalue weighted by Crippen LogP contribution is -2.46. The number of amides is 1. The molecule has 2 aliphatic heterocycles. The normalized spacial score (nSPS) is 23.7. The number of carboxylic acid groups (broad SMARTS) is 1. The zero-order chi connectivity index (χ0) is 15.5. The van der Waals surface area contributed by atoms with Crippen LogP contribution in [0.25, 0.3) is 0 Å². The molecular weight excluding hydrogens is 282 g/mol. The highest BCUT2D eigenvalue weighted by Crippen LogP contribution is 2.36. The molecule has 1 fully saturated rings. The van der Waals surface area contributed by atoms with E-state index in [0.717, 1.165) is 37.1 Å². The van der Waals surface area contributed by atoms with Gasteiger partial charge in [0.15, 0.2) is 0 Å². The first kappa shape index (κ1) is 14.9. The highest BCUT2D eigenvalue weighted by atomic mass is 16.5. The van der Waals surface area contributed by atoms with Gasteiger partial charge in [-0.15, -0.1) is 0 Å². The lowest BCUT2D eigenvalue weighted by Gasteiger charge is -2.37. The van der Waals surface area contributed by atoms with E-state index in [1.54, 1.807) is 0 Å². The van der Waals surface area contributed by atoms with Gasteiger partial charge in [0.1, 0.15) is 18.3 Å². The lowest BCUT2D eigenvalue weighted by molar-refractivity contribution is -0.140. The van der Waals surface area contributed by atoms with Gasteiger partial charge in [-0.3, -0.25) is 9.59 Å². The topological polar surface area (TPSA) is 66.8 Å². The quantitative estimate of drug-likeness (QED) is 0.927. The number of para-hydroxylation sites is 1. The monoisotopic (exact) mass is 303 g/mol. The van der Waals surface area contributed by atoms with Crippen molar-refractivity contribution in [2.24, 2.45) is 0 Å². The minimum Gasteiger partial charge on any atom is -0.492 e. The third kappa shape index (κ3) is 2.93. The Morgan fingerprint density at radius 3 is 2.91 bits per heavy atom. The largest absolute Gasteiger partial charge is 0.492 e. The Balaban J connectivity index is 1.74. The second kappa shape index (κ2) is 6.38. The van der Waals surface area contributed by atoms with Gasteiger partial charge >= 0.3 is 5.97 Å². The predicted molar refractivity (Wildman–Crippen MR) is 80.9 cm³/mol. The van der Waals surface area contributed by atoms with Gasteiger partial charge in [-0.25, -0.2) is 0 Å². The number of fused-ring (bicyclic) bond motifs is 1. The van der Waals surface area contributed by atoms with Gasteiger partial charge < -0.3 is 14.7 Å². The van der Waals surface area contributed by atoms with E-state index in [2.05, 4.69) is 0 Å². The van der Waals surface area contributed by atoms with Crippen molar-refractivity contribution >= 4 is 11.9 Å². The summed E-state index contributed by atoms with van der Waals surface area (Å²) in [6.45, 7) is 1.11. The average Bonchev–Trinajstić information content (AvgIpc) is 2.96. The zero-order valence-corrected chi connectivity index (χ0v) is 12.5. The van der Waals surface area contributed by atoms with Crippen LogP contribution in [0.5, 0.6) is 5.75 Å². The van der Waals surface area contributed by atoms with E-state index in [1.807, 2.05) is 29.2 Å². The SMILES string of the molecule is O=C(O)CC[C@H]1CCCCN1C(=O)[C@@H]1COc2ccccc21. The van der Waals surface area contributed by atoms with Crippen LogP contribution in [-0.4, -0.2) is 41.1 Å². The van der Waals surface area contributed by atoms with Crippen LogP contribution < -0.4 is 4.74 Å². The Labute approximate surface area is 129 Å². The average molecular weight is 303 g/mol. The number of ether oxygens (including phenoxy) is 1. The Kier molecular flexibility index (Phi) is 4.32. The number of hydrogen-bond donors (Lipinski definition) is 1. The van der Waals surface area contributed by atoms with E-state index in [9.17, 15) is 9.59 Å². The number of likely N-dealkylation sites (tertiary alicyclic amines) is 1. The van der Waals surface area contributed by atoms with E-state index >= 15 is 0 Å². The van der Waals surface area contributed by atoms with Crippen LogP contribution in [0, 0.1) is 0 Å². The van der Waals surface area contributed by atoms with Gasteiger partial charge in [0.2, 0.25) is 5.91 Å². The van der Waals surface area contributed by atoms with Gasteiger partial charge in [-0.05, 0) is 31.7 Å². The molecule has 0 aromatic heterocycles. The van der Waals surface area contributed by atoms with Gasteiger partial charge in [0, 0.05) is 24.6 Å². The number of carboxylic acids is 1.